The Bertz CT molecular complexity index is 333. The summed E-state index contributed by atoms with van der Waals surface area (Å²) in [5.74, 6) is 0.905. The Morgan fingerprint density at radius 2 is 2.24 bits per heavy atom. The smallest absolute Gasteiger partial charge is 0.0659 e. The van der Waals surface area contributed by atoms with E-state index in [4.69, 9.17) is 10.5 Å². The van der Waals surface area contributed by atoms with Gasteiger partial charge in [-0.05, 0) is 6.07 Å². The van der Waals surface area contributed by atoms with Gasteiger partial charge in [-0.15, -0.1) is 0 Å². The van der Waals surface area contributed by atoms with Gasteiger partial charge in [0.25, 0.3) is 0 Å². The predicted octanol–water partition coefficient (Wildman–Crippen LogP) is 2.06. The number of methoxy groups -OCH3 is 1. The monoisotopic (exact) mass is 257 g/mol. The van der Waals surface area contributed by atoms with Gasteiger partial charge in [-0.3, -0.25) is 4.68 Å². The maximum atomic E-state index is 6.20. The highest BCUT2D eigenvalue weighted by molar-refractivity contribution is 8.00. The molecule has 4 nitrogen and oxygen atoms in total. The third-order valence-electron chi connectivity index (χ3n) is 2.33. The summed E-state index contributed by atoms with van der Waals surface area (Å²) in [6.07, 6.45) is 1.80. The molecule has 2 N–H and O–H groups in total. The lowest BCUT2D eigenvalue weighted by Gasteiger charge is -2.21. The third-order valence-corrected chi connectivity index (χ3v) is 3.72. The van der Waals surface area contributed by atoms with Gasteiger partial charge in [-0.1, -0.05) is 20.8 Å². The number of nitrogens with two attached hydrogens (primary N) is 1. The van der Waals surface area contributed by atoms with Crippen LogP contribution in [0.25, 0.3) is 0 Å². The first-order valence-corrected chi connectivity index (χ1v) is 6.83. The van der Waals surface area contributed by atoms with Crippen molar-refractivity contribution in [2.75, 3.05) is 19.5 Å². The van der Waals surface area contributed by atoms with Gasteiger partial charge in [0.05, 0.1) is 24.9 Å². The molecule has 0 saturated heterocycles. The number of hydrogen-bond donors (Lipinski definition) is 1. The largest absolute Gasteiger partial charge is 0.383 e. The van der Waals surface area contributed by atoms with Gasteiger partial charge >= 0.3 is 0 Å². The maximum absolute atomic E-state index is 6.20. The number of hydrogen-bond acceptors (Lipinski definition) is 4. The molecular weight excluding hydrogens is 234 g/mol. The molecule has 0 spiro atoms. The van der Waals surface area contributed by atoms with E-state index < -0.39 is 0 Å². The van der Waals surface area contributed by atoms with Crippen molar-refractivity contribution in [3.8, 4) is 0 Å². The van der Waals surface area contributed by atoms with Crippen molar-refractivity contribution in [2.24, 2.45) is 5.73 Å². The van der Waals surface area contributed by atoms with Gasteiger partial charge in [0.1, 0.15) is 0 Å². The SMILES string of the molecule is COCCn1nccc1C(N)CSC(C)(C)C. The molecule has 1 aromatic heterocycles. The molecule has 17 heavy (non-hydrogen) atoms. The van der Waals surface area contributed by atoms with Gasteiger partial charge in [-0.2, -0.15) is 16.9 Å². The van der Waals surface area contributed by atoms with Crippen molar-refractivity contribution < 1.29 is 4.74 Å². The molecule has 0 saturated carbocycles. The van der Waals surface area contributed by atoms with E-state index in [2.05, 4.69) is 25.9 Å². The lowest BCUT2D eigenvalue weighted by atomic mass is 10.2. The summed E-state index contributed by atoms with van der Waals surface area (Å²) in [4.78, 5) is 0. The predicted molar refractivity (Wildman–Crippen MR) is 73.2 cm³/mol. The Morgan fingerprint density at radius 1 is 1.53 bits per heavy atom. The zero-order valence-electron chi connectivity index (χ0n) is 11.1. The van der Waals surface area contributed by atoms with E-state index in [1.54, 1.807) is 13.3 Å². The molecule has 1 aromatic rings. The molecule has 0 bridgehead atoms. The summed E-state index contributed by atoms with van der Waals surface area (Å²) < 4.78 is 7.23. The molecule has 5 heteroatoms. The first-order chi connectivity index (χ1) is 7.94. The first-order valence-electron chi connectivity index (χ1n) is 5.84. The Labute approximate surface area is 108 Å². The topological polar surface area (TPSA) is 53.1 Å². The summed E-state index contributed by atoms with van der Waals surface area (Å²) >= 11 is 1.88. The fraction of sp³-hybridized carbons (Fsp3) is 0.750. The molecule has 0 aliphatic rings. The van der Waals surface area contributed by atoms with Gasteiger partial charge < -0.3 is 10.5 Å². The highest BCUT2D eigenvalue weighted by Gasteiger charge is 2.16. The minimum absolute atomic E-state index is 0.0265. The van der Waals surface area contributed by atoms with E-state index in [0.29, 0.717) is 6.61 Å². The van der Waals surface area contributed by atoms with Crippen molar-refractivity contribution in [2.45, 2.75) is 38.1 Å². The highest BCUT2D eigenvalue weighted by Crippen LogP contribution is 2.27. The van der Waals surface area contributed by atoms with Crippen molar-refractivity contribution in [1.82, 2.24) is 9.78 Å². The van der Waals surface area contributed by atoms with Crippen LogP contribution in [-0.2, 0) is 11.3 Å². The van der Waals surface area contributed by atoms with E-state index in [9.17, 15) is 0 Å². The average molecular weight is 257 g/mol. The fourth-order valence-electron chi connectivity index (χ4n) is 1.45. The quantitative estimate of drug-likeness (QED) is 0.847. The summed E-state index contributed by atoms with van der Waals surface area (Å²) in [5.41, 5.74) is 7.28. The summed E-state index contributed by atoms with van der Waals surface area (Å²) in [6, 6.07) is 2.02. The second-order valence-electron chi connectivity index (χ2n) is 5.00. The van der Waals surface area contributed by atoms with Crippen molar-refractivity contribution >= 4 is 11.8 Å². The highest BCUT2D eigenvalue weighted by atomic mass is 32.2. The summed E-state index contributed by atoms with van der Waals surface area (Å²) in [6.45, 7) is 8.02. The molecule has 0 aliphatic carbocycles. The maximum Gasteiger partial charge on any atom is 0.0659 e. The lowest BCUT2D eigenvalue weighted by molar-refractivity contribution is 0.182. The van der Waals surface area contributed by atoms with E-state index in [-0.39, 0.29) is 10.8 Å². The fourth-order valence-corrected chi connectivity index (χ4v) is 2.30. The first kappa shape index (κ1) is 14.5. The summed E-state index contributed by atoms with van der Waals surface area (Å²) in [7, 11) is 1.69. The van der Waals surface area contributed by atoms with Crippen molar-refractivity contribution in [3.05, 3.63) is 18.0 Å². The molecule has 1 unspecified atom stereocenters. The molecule has 1 heterocycles. The van der Waals surface area contributed by atoms with Crippen LogP contribution in [0, 0.1) is 0 Å². The zero-order chi connectivity index (χ0) is 12.9. The summed E-state index contributed by atoms with van der Waals surface area (Å²) in [5, 5.41) is 4.27. The minimum Gasteiger partial charge on any atom is -0.383 e. The zero-order valence-corrected chi connectivity index (χ0v) is 12.0. The van der Waals surface area contributed by atoms with Crippen molar-refractivity contribution in [1.29, 1.82) is 0 Å². The standard InChI is InChI=1S/C12H23N3OS/c1-12(2,3)17-9-10(13)11-5-6-14-15(11)7-8-16-4/h5-6,10H,7-9,13H2,1-4H3. The van der Waals surface area contributed by atoms with Gasteiger partial charge in [-0.25, -0.2) is 0 Å². The van der Waals surface area contributed by atoms with Crippen LogP contribution in [0.3, 0.4) is 0 Å². The van der Waals surface area contributed by atoms with Crippen LogP contribution < -0.4 is 5.73 Å². The molecule has 1 rings (SSSR count). The number of thioether (sulfide) groups is 1. The van der Waals surface area contributed by atoms with E-state index >= 15 is 0 Å². The van der Waals surface area contributed by atoms with Crippen LogP contribution in [0.1, 0.15) is 32.5 Å². The van der Waals surface area contributed by atoms with Crippen LogP contribution in [-0.4, -0.2) is 34.0 Å². The second kappa shape index (κ2) is 6.42. The van der Waals surface area contributed by atoms with E-state index in [1.165, 1.54) is 0 Å². The van der Waals surface area contributed by atoms with E-state index in [0.717, 1.165) is 18.0 Å². The minimum atomic E-state index is 0.0265. The molecule has 0 fully saturated rings. The van der Waals surface area contributed by atoms with Crippen LogP contribution >= 0.6 is 11.8 Å². The number of rotatable bonds is 6. The second-order valence-corrected chi connectivity index (χ2v) is 6.85. The van der Waals surface area contributed by atoms with Crippen LogP contribution in [0.5, 0.6) is 0 Å². The molecule has 0 amide bonds. The Balaban J connectivity index is 2.56. The number of ether oxygens (including phenoxy) is 1. The van der Waals surface area contributed by atoms with Crippen LogP contribution in [0.4, 0.5) is 0 Å². The molecular formula is C12H23N3OS. The Morgan fingerprint density at radius 3 is 2.82 bits per heavy atom. The van der Waals surface area contributed by atoms with Crippen LogP contribution in [0.15, 0.2) is 12.3 Å². The van der Waals surface area contributed by atoms with Crippen LogP contribution in [0.2, 0.25) is 0 Å². The van der Waals surface area contributed by atoms with Gasteiger partial charge in [0.15, 0.2) is 0 Å². The number of nitrogens with zero attached hydrogens (tertiary/aromatic N) is 2. The average Bonchev–Trinajstić information content (AvgIpc) is 2.70. The molecule has 98 valence electrons. The third kappa shape index (κ3) is 5.10. The Hall–Kier alpha value is -0.520. The molecule has 1 atom stereocenters. The van der Waals surface area contributed by atoms with Gasteiger partial charge in [0, 0.05) is 23.8 Å². The molecule has 0 radical (unpaired) electrons. The molecule has 0 aliphatic heterocycles. The van der Waals surface area contributed by atoms with Crippen molar-refractivity contribution in [3.63, 3.8) is 0 Å². The lowest BCUT2D eigenvalue weighted by Crippen LogP contribution is -2.22. The van der Waals surface area contributed by atoms with Gasteiger partial charge in [0.2, 0.25) is 0 Å². The van der Waals surface area contributed by atoms with E-state index in [1.807, 2.05) is 22.5 Å². The number of aromatic nitrogens is 2. The normalized spacial score (nSPS) is 13.9. The Kier molecular flexibility index (Phi) is 5.49. The molecule has 0 aromatic carbocycles.